The minimum atomic E-state index is 0.0228. The Morgan fingerprint density at radius 1 is 1.21 bits per heavy atom. The van der Waals surface area contributed by atoms with Crippen LogP contribution in [0.3, 0.4) is 0 Å². The summed E-state index contributed by atoms with van der Waals surface area (Å²) >= 11 is 0. The fourth-order valence-corrected chi connectivity index (χ4v) is 4.42. The second-order valence-corrected chi connectivity index (χ2v) is 7.18. The van der Waals surface area contributed by atoms with Crippen LogP contribution in [-0.4, -0.2) is 41.9 Å². The molecule has 128 valence electrons. The van der Waals surface area contributed by atoms with Gasteiger partial charge in [-0.05, 0) is 62.4 Å². The molecule has 0 aromatic carbocycles. The summed E-state index contributed by atoms with van der Waals surface area (Å²) < 4.78 is 10.7. The van der Waals surface area contributed by atoms with Crippen molar-refractivity contribution in [2.45, 2.75) is 38.3 Å². The van der Waals surface area contributed by atoms with E-state index in [1.807, 2.05) is 17.0 Å². The van der Waals surface area contributed by atoms with Crippen molar-refractivity contribution in [3.8, 4) is 0 Å². The van der Waals surface area contributed by atoms with Gasteiger partial charge in [0.1, 0.15) is 5.76 Å². The third-order valence-electron chi connectivity index (χ3n) is 5.92. The fourth-order valence-electron chi connectivity index (χ4n) is 4.42. The van der Waals surface area contributed by atoms with Gasteiger partial charge < -0.3 is 13.7 Å². The van der Waals surface area contributed by atoms with E-state index in [4.69, 9.17) is 8.83 Å². The van der Waals surface area contributed by atoms with E-state index >= 15 is 0 Å². The molecule has 4 rings (SSSR count). The number of nitrogens with zero attached hydrogens (tertiary/aromatic N) is 2. The van der Waals surface area contributed by atoms with Crippen molar-refractivity contribution in [1.82, 2.24) is 9.80 Å². The van der Waals surface area contributed by atoms with Crippen molar-refractivity contribution in [3.05, 3.63) is 48.3 Å². The molecular weight excluding hydrogens is 304 g/mol. The first kappa shape index (κ1) is 15.5. The second-order valence-electron chi connectivity index (χ2n) is 7.18. The smallest absolute Gasteiger partial charge is 0.289 e. The number of furan rings is 2. The minimum Gasteiger partial charge on any atom is -0.468 e. The van der Waals surface area contributed by atoms with Crippen molar-refractivity contribution >= 4 is 5.91 Å². The van der Waals surface area contributed by atoms with Gasteiger partial charge in [0.05, 0.1) is 19.1 Å². The summed E-state index contributed by atoms with van der Waals surface area (Å²) in [6, 6.07) is 8.08. The molecule has 5 heteroatoms. The van der Waals surface area contributed by atoms with E-state index in [2.05, 4.69) is 11.9 Å². The molecule has 1 atom stereocenters. The number of amides is 1. The first-order valence-electron chi connectivity index (χ1n) is 8.73. The number of carbonyl (C=O) groups excluding carboxylic acids is 1. The van der Waals surface area contributed by atoms with E-state index in [1.54, 1.807) is 24.7 Å². The van der Waals surface area contributed by atoms with Gasteiger partial charge in [-0.1, -0.05) is 0 Å². The molecule has 1 aliphatic heterocycles. The molecule has 0 bridgehead atoms. The number of rotatable bonds is 4. The maximum Gasteiger partial charge on any atom is 0.289 e. The lowest BCUT2D eigenvalue weighted by atomic mass is 9.58. The van der Waals surface area contributed by atoms with Crippen molar-refractivity contribution in [2.24, 2.45) is 5.41 Å². The van der Waals surface area contributed by atoms with Gasteiger partial charge >= 0.3 is 0 Å². The molecule has 3 heterocycles. The lowest BCUT2D eigenvalue weighted by Gasteiger charge is -2.56. The van der Waals surface area contributed by atoms with Crippen LogP contribution >= 0.6 is 0 Å². The minimum absolute atomic E-state index is 0.0228. The Bertz CT molecular complexity index is 670. The fraction of sp³-hybridized carbons (Fsp3) is 0.526. The van der Waals surface area contributed by atoms with Crippen LogP contribution in [0.4, 0.5) is 0 Å². The highest BCUT2D eigenvalue weighted by Crippen LogP contribution is 2.51. The van der Waals surface area contributed by atoms with Gasteiger partial charge in [0.25, 0.3) is 5.91 Å². The van der Waals surface area contributed by atoms with Crippen molar-refractivity contribution in [3.63, 3.8) is 0 Å². The Kier molecular flexibility index (Phi) is 3.96. The third kappa shape index (κ3) is 2.67. The van der Waals surface area contributed by atoms with Gasteiger partial charge in [-0.25, -0.2) is 0 Å². The average Bonchev–Trinajstić information content (AvgIpc) is 3.26. The van der Waals surface area contributed by atoms with E-state index in [0.29, 0.717) is 17.2 Å². The number of piperidine rings is 1. The molecule has 2 aromatic rings. The summed E-state index contributed by atoms with van der Waals surface area (Å²) in [6.45, 7) is 2.50. The van der Waals surface area contributed by atoms with Gasteiger partial charge in [0, 0.05) is 19.1 Å². The molecule has 2 aliphatic rings. The number of carbonyl (C=O) groups is 1. The highest BCUT2D eigenvalue weighted by atomic mass is 16.3. The van der Waals surface area contributed by atoms with E-state index in [1.165, 1.54) is 12.8 Å². The zero-order valence-electron chi connectivity index (χ0n) is 14.1. The second kappa shape index (κ2) is 6.13. The first-order chi connectivity index (χ1) is 11.7. The molecule has 5 nitrogen and oxygen atoms in total. The van der Waals surface area contributed by atoms with Crippen LogP contribution in [0.25, 0.3) is 0 Å². The van der Waals surface area contributed by atoms with E-state index < -0.39 is 0 Å². The molecule has 0 N–H and O–H groups in total. The average molecular weight is 328 g/mol. The summed E-state index contributed by atoms with van der Waals surface area (Å²) in [6.07, 6.45) is 7.95. The van der Waals surface area contributed by atoms with Crippen molar-refractivity contribution in [2.75, 3.05) is 20.1 Å². The largest absolute Gasteiger partial charge is 0.468 e. The summed E-state index contributed by atoms with van der Waals surface area (Å²) in [5, 5.41) is 0. The normalized spacial score (nSPS) is 22.8. The topological polar surface area (TPSA) is 49.8 Å². The number of likely N-dealkylation sites (tertiary alicyclic amines) is 1. The van der Waals surface area contributed by atoms with Gasteiger partial charge in [0.15, 0.2) is 5.76 Å². The Morgan fingerprint density at radius 2 is 1.96 bits per heavy atom. The van der Waals surface area contributed by atoms with Crippen LogP contribution in [0.15, 0.2) is 45.6 Å². The molecule has 1 spiro atoms. The molecule has 1 saturated heterocycles. The van der Waals surface area contributed by atoms with Crippen LogP contribution in [0.5, 0.6) is 0 Å². The number of hydrogen-bond donors (Lipinski definition) is 0. The molecular formula is C19H24N2O3. The maximum absolute atomic E-state index is 12.4. The highest BCUT2D eigenvalue weighted by molar-refractivity contribution is 5.91. The maximum atomic E-state index is 12.4. The summed E-state index contributed by atoms with van der Waals surface area (Å²) in [4.78, 5) is 16.8. The predicted molar refractivity (Wildman–Crippen MR) is 89.5 cm³/mol. The molecule has 1 saturated carbocycles. The summed E-state index contributed by atoms with van der Waals surface area (Å²) in [5.74, 6) is 1.49. The van der Waals surface area contributed by atoms with Crippen molar-refractivity contribution in [1.29, 1.82) is 0 Å². The Morgan fingerprint density at radius 3 is 2.54 bits per heavy atom. The van der Waals surface area contributed by atoms with E-state index in [-0.39, 0.29) is 5.91 Å². The van der Waals surface area contributed by atoms with Gasteiger partial charge in [-0.15, -0.1) is 0 Å². The molecule has 0 radical (unpaired) electrons. The molecule has 2 fully saturated rings. The SMILES string of the molecule is CN(Cc1ccco1)C1CCC12CCN(C(=O)c1ccco1)CC2. The molecule has 1 unspecified atom stereocenters. The monoisotopic (exact) mass is 328 g/mol. The van der Waals surface area contributed by atoms with Crippen LogP contribution in [0.2, 0.25) is 0 Å². The van der Waals surface area contributed by atoms with Gasteiger partial charge in [0.2, 0.25) is 0 Å². The van der Waals surface area contributed by atoms with E-state index in [0.717, 1.165) is 38.2 Å². The standard InChI is InChI=1S/C19H24N2O3/c1-20(14-15-4-2-12-23-15)17-6-7-19(17)8-10-21(11-9-19)18(22)16-5-3-13-24-16/h2-5,12-13,17H,6-11,14H2,1H3. The molecule has 1 aliphatic carbocycles. The predicted octanol–water partition coefficient (Wildman–Crippen LogP) is 3.39. The van der Waals surface area contributed by atoms with Gasteiger partial charge in [-0.2, -0.15) is 0 Å². The highest BCUT2D eigenvalue weighted by Gasteiger charge is 2.50. The third-order valence-corrected chi connectivity index (χ3v) is 5.92. The zero-order valence-corrected chi connectivity index (χ0v) is 14.1. The van der Waals surface area contributed by atoms with Gasteiger partial charge in [-0.3, -0.25) is 9.69 Å². The molecule has 24 heavy (non-hydrogen) atoms. The first-order valence-corrected chi connectivity index (χ1v) is 8.73. The Hall–Kier alpha value is -2.01. The number of hydrogen-bond acceptors (Lipinski definition) is 4. The molecule has 1 amide bonds. The lowest BCUT2D eigenvalue weighted by Crippen LogP contribution is -2.58. The Balaban J connectivity index is 1.36. The van der Waals surface area contributed by atoms with Crippen LogP contribution < -0.4 is 0 Å². The molecule has 2 aromatic heterocycles. The quantitative estimate of drug-likeness (QED) is 0.863. The lowest BCUT2D eigenvalue weighted by molar-refractivity contribution is -0.0593. The summed E-state index contributed by atoms with van der Waals surface area (Å²) in [7, 11) is 2.19. The summed E-state index contributed by atoms with van der Waals surface area (Å²) in [5.41, 5.74) is 0.362. The Labute approximate surface area is 142 Å². The zero-order chi connectivity index (χ0) is 16.6. The van der Waals surface area contributed by atoms with Crippen LogP contribution in [-0.2, 0) is 6.54 Å². The van der Waals surface area contributed by atoms with Crippen LogP contribution in [0.1, 0.15) is 42.0 Å². The van der Waals surface area contributed by atoms with Crippen LogP contribution in [0, 0.1) is 5.41 Å². The van der Waals surface area contributed by atoms with E-state index in [9.17, 15) is 4.79 Å². The van der Waals surface area contributed by atoms with Crippen molar-refractivity contribution < 1.29 is 13.6 Å².